The maximum atomic E-state index is 11.9. The molecule has 0 aromatic carbocycles. The van der Waals surface area contributed by atoms with Crippen molar-refractivity contribution in [3.8, 4) is 0 Å². The highest BCUT2D eigenvalue weighted by atomic mass is 32.2. The number of nitrogens with zero attached hydrogens (tertiary/aromatic N) is 1. The largest absolute Gasteiger partial charge is 0.476 e. The highest BCUT2D eigenvalue weighted by molar-refractivity contribution is 7.89. The van der Waals surface area contributed by atoms with Gasteiger partial charge in [0.25, 0.3) is 0 Å². The molecule has 2 N–H and O–H groups in total. The zero-order valence-corrected chi connectivity index (χ0v) is 12.9. The van der Waals surface area contributed by atoms with E-state index in [-0.39, 0.29) is 16.9 Å². The number of hydrogen-bond donors (Lipinski definition) is 2. The van der Waals surface area contributed by atoms with Crippen LogP contribution in [-0.2, 0) is 10.0 Å². The third-order valence-corrected chi connectivity index (χ3v) is 5.08. The summed E-state index contributed by atoms with van der Waals surface area (Å²) in [7, 11) is -3.43. The van der Waals surface area contributed by atoms with E-state index in [1.165, 1.54) is 5.38 Å². The number of hydrogen-bond acceptors (Lipinski definition) is 5. The number of aromatic carboxylic acids is 1. The summed E-state index contributed by atoms with van der Waals surface area (Å²) in [5.74, 6) is -1.12. The molecule has 0 amide bonds. The van der Waals surface area contributed by atoms with Crippen LogP contribution in [0.15, 0.2) is 5.38 Å². The summed E-state index contributed by atoms with van der Waals surface area (Å²) in [5.41, 5.74) is -0.414. The number of carbonyl (C=O) groups is 1. The number of aromatic nitrogens is 1. The highest BCUT2D eigenvalue weighted by Crippen LogP contribution is 2.21. The van der Waals surface area contributed by atoms with E-state index in [2.05, 4.69) is 9.71 Å². The predicted octanol–water partition coefficient (Wildman–Crippen LogP) is 1.87. The SMILES string of the molecule is CC(NS(=O)(=O)CC(C)(C)C)c1nc(C(=O)O)cs1. The molecule has 0 bridgehead atoms. The molecule has 0 aliphatic carbocycles. The average Bonchev–Trinajstić information content (AvgIpc) is 2.60. The summed E-state index contributed by atoms with van der Waals surface area (Å²) in [6.45, 7) is 7.15. The van der Waals surface area contributed by atoms with Gasteiger partial charge < -0.3 is 5.11 Å². The number of nitrogens with one attached hydrogen (secondary N) is 1. The van der Waals surface area contributed by atoms with Crippen LogP contribution >= 0.6 is 11.3 Å². The standard InChI is InChI=1S/C11H18N2O4S2/c1-7(9-12-8(5-18-9)10(14)15)13-19(16,17)6-11(2,3)4/h5,7,13H,6H2,1-4H3,(H,14,15). The fourth-order valence-electron chi connectivity index (χ4n) is 1.52. The Hall–Kier alpha value is -0.990. The predicted molar refractivity (Wildman–Crippen MR) is 73.9 cm³/mol. The minimum atomic E-state index is -3.43. The Morgan fingerprint density at radius 3 is 2.53 bits per heavy atom. The van der Waals surface area contributed by atoms with Crippen LogP contribution in [0.3, 0.4) is 0 Å². The smallest absolute Gasteiger partial charge is 0.355 e. The topological polar surface area (TPSA) is 96.4 Å². The molecule has 0 fully saturated rings. The Morgan fingerprint density at radius 1 is 1.53 bits per heavy atom. The van der Waals surface area contributed by atoms with Gasteiger partial charge in [-0.1, -0.05) is 20.8 Å². The number of thiazole rings is 1. The summed E-state index contributed by atoms with van der Waals surface area (Å²) < 4.78 is 26.3. The number of carboxylic acids is 1. The van der Waals surface area contributed by atoms with E-state index in [1.54, 1.807) is 6.92 Å². The molecule has 19 heavy (non-hydrogen) atoms. The van der Waals surface area contributed by atoms with Crippen molar-refractivity contribution < 1.29 is 18.3 Å². The lowest BCUT2D eigenvalue weighted by Gasteiger charge is -2.20. The Kier molecular flexibility index (Phi) is 4.70. The van der Waals surface area contributed by atoms with E-state index < -0.39 is 22.0 Å². The maximum Gasteiger partial charge on any atom is 0.355 e. The van der Waals surface area contributed by atoms with Gasteiger partial charge in [-0.05, 0) is 12.3 Å². The first-order valence-electron chi connectivity index (χ1n) is 5.69. The zero-order valence-electron chi connectivity index (χ0n) is 11.3. The van der Waals surface area contributed by atoms with E-state index >= 15 is 0 Å². The van der Waals surface area contributed by atoms with Crippen LogP contribution in [-0.4, -0.2) is 30.2 Å². The fraction of sp³-hybridized carbons (Fsp3) is 0.636. The van der Waals surface area contributed by atoms with Gasteiger partial charge in [-0.3, -0.25) is 0 Å². The lowest BCUT2D eigenvalue weighted by atomic mass is 10.0. The van der Waals surface area contributed by atoms with Crippen molar-refractivity contribution in [2.45, 2.75) is 33.7 Å². The van der Waals surface area contributed by atoms with Crippen LogP contribution in [0.1, 0.15) is 49.2 Å². The fourth-order valence-corrected chi connectivity index (χ4v) is 4.26. The second-order valence-electron chi connectivity index (χ2n) is 5.54. The molecule has 1 atom stereocenters. The molecule has 1 rings (SSSR count). The highest BCUT2D eigenvalue weighted by Gasteiger charge is 2.25. The van der Waals surface area contributed by atoms with Gasteiger partial charge in [0.15, 0.2) is 5.69 Å². The molecule has 8 heteroatoms. The number of carboxylic acid groups (broad SMARTS) is 1. The lowest BCUT2D eigenvalue weighted by Crippen LogP contribution is -2.34. The molecule has 0 aliphatic heterocycles. The Morgan fingerprint density at radius 2 is 2.11 bits per heavy atom. The molecule has 0 saturated heterocycles. The first kappa shape index (κ1) is 16.1. The van der Waals surface area contributed by atoms with Crippen molar-refractivity contribution >= 4 is 27.3 Å². The molecule has 6 nitrogen and oxygen atoms in total. The van der Waals surface area contributed by atoms with Gasteiger partial charge in [-0.25, -0.2) is 22.9 Å². The number of rotatable bonds is 5. The maximum absolute atomic E-state index is 11.9. The Labute approximate surface area is 116 Å². The van der Waals surface area contributed by atoms with Crippen molar-refractivity contribution in [3.05, 3.63) is 16.1 Å². The third kappa shape index (κ3) is 5.25. The number of sulfonamides is 1. The third-order valence-electron chi connectivity index (χ3n) is 2.09. The van der Waals surface area contributed by atoms with Crippen LogP contribution in [0.25, 0.3) is 0 Å². The second kappa shape index (κ2) is 5.56. The van der Waals surface area contributed by atoms with Gasteiger partial charge >= 0.3 is 5.97 Å². The van der Waals surface area contributed by atoms with Gasteiger partial charge in [0.05, 0.1) is 11.8 Å². The first-order chi connectivity index (χ1) is 8.50. The summed E-state index contributed by atoms with van der Waals surface area (Å²) >= 11 is 1.13. The molecule has 0 aliphatic rings. The van der Waals surface area contributed by atoms with Crippen molar-refractivity contribution in [2.24, 2.45) is 5.41 Å². The normalized spacial score (nSPS) is 14.3. The summed E-state index contributed by atoms with van der Waals surface area (Å²) in [5, 5.41) is 10.6. The minimum absolute atomic E-state index is 0.00149. The van der Waals surface area contributed by atoms with Crippen LogP contribution in [0, 0.1) is 5.41 Å². The van der Waals surface area contributed by atoms with E-state index in [1.807, 2.05) is 20.8 Å². The van der Waals surface area contributed by atoms with Crippen LogP contribution in [0.4, 0.5) is 0 Å². The quantitative estimate of drug-likeness (QED) is 0.865. The molecular formula is C11H18N2O4S2. The van der Waals surface area contributed by atoms with E-state index in [9.17, 15) is 13.2 Å². The van der Waals surface area contributed by atoms with Gasteiger partial charge in [-0.2, -0.15) is 0 Å². The second-order valence-corrected chi connectivity index (χ2v) is 8.18. The van der Waals surface area contributed by atoms with Gasteiger partial charge in [-0.15, -0.1) is 11.3 Å². The zero-order chi connectivity index (χ0) is 14.8. The van der Waals surface area contributed by atoms with Crippen molar-refractivity contribution in [1.82, 2.24) is 9.71 Å². The monoisotopic (exact) mass is 306 g/mol. The molecule has 108 valence electrons. The molecule has 1 aromatic rings. The summed E-state index contributed by atoms with van der Waals surface area (Å²) in [6.07, 6.45) is 0. The van der Waals surface area contributed by atoms with Crippen LogP contribution in [0.2, 0.25) is 0 Å². The van der Waals surface area contributed by atoms with Crippen LogP contribution in [0.5, 0.6) is 0 Å². The summed E-state index contributed by atoms with van der Waals surface area (Å²) in [6, 6.07) is -0.537. The summed E-state index contributed by atoms with van der Waals surface area (Å²) in [4.78, 5) is 14.6. The lowest BCUT2D eigenvalue weighted by molar-refractivity contribution is 0.0691. The van der Waals surface area contributed by atoms with E-state index in [0.717, 1.165) is 11.3 Å². The van der Waals surface area contributed by atoms with E-state index in [4.69, 9.17) is 5.11 Å². The van der Waals surface area contributed by atoms with Gasteiger partial charge in [0.1, 0.15) is 5.01 Å². The molecule has 1 aromatic heterocycles. The Bertz CT molecular complexity index is 557. The molecule has 1 heterocycles. The average molecular weight is 306 g/mol. The van der Waals surface area contributed by atoms with Crippen LogP contribution < -0.4 is 4.72 Å². The molecule has 0 radical (unpaired) electrons. The van der Waals surface area contributed by atoms with Gasteiger partial charge in [0, 0.05) is 5.38 Å². The minimum Gasteiger partial charge on any atom is -0.476 e. The molecular weight excluding hydrogens is 288 g/mol. The van der Waals surface area contributed by atoms with Gasteiger partial charge in [0.2, 0.25) is 10.0 Å². The van der Waals surface area contributed by atoms with Crippen molar-refractivity contribution in [3.63, 3.8) is 0 Å². The van der Waals surface area contributed by atoms with Crippen molar-refractivity contribution in [2.75, 3.05) is 5.75 Å². The Balaban J connectivity index is 2.78. The molecule has 0 spiro atoms. The molecule has 1 unspecified atom stereocenters. The molecule has 0 saturated carbocycles. The van der Waals surface area contributed by atoms with E-state index in [0.29, 0.717) is 5.01 Å². The van der Waals surface area contributed by atoms with Crippen molar-refractivity contribution in [1.29, 1.82) is 0 Å². The first-order valence-corrected chi connectivity index (χ1v) is 8.22.